The van der Waals surface area contributed by atoms with E-state index in [1.165, 1.54) is 0 Å². The Labute approximate surface area is 153 Å². The van der Waals surface area contributed by atoms with Crippen LogP contribution in [-0.2, 0) is 25.7 Å². The molecule has 3 rings (SSSR count). The summed E-state index contributed by atoms with van der Waals surface area (Å²) in [7, 11) is 0. The molecule has 2 heterocycles. The van der Waals surface area contributed by atoms with Crippen molar-refractivity contribution in [2.24, 2.45) is 5.92 Å². The van der Waals surface area contributed by atoms with E-state index in [-0.39, 0.29) is 24.9 Å². The number of ketones is 1. The number of ether oxygens (including phenoxy) is 2. The number of carbonyl (C=O) groups is 3. The predicted octanol–water partition coefficient (Wildman–Crippen LogP) is 3.09. The fourth-order valence-electron chi connectivity index (χ4n) is 3.72. The molecule has 0 radical (unpaired) electrons. The third-order valence-corrected chi connectivity index (χ3v) is 4.80. The van der Waals surface area contributed by atoms with Crippen LogP contribution in [0, 0.1) is 5.92 Å². The number of piperidine rings is 1. The van der Waals surface area contributed by atoms with Gasteiger partial charge in [0, 0.05) is 12.5 Å². The minimum Gasteiger partial charge on any atom is -0.460 e. The second-order valence-electron chi connectivity index (χ2n) is 7.93. The topological polar surface area (TPSA) is 72.9 Å². The van der Waals surface area contributed by atoms with Crippen molar-refractivity contribution in [1.29, 1.82) is 0 Å². The average molecular weight is 359 g/mol. The number of Topliss-reactive ketones (excluding diaryl/α,β-unsaturated/α-hetero) is 1. The van der Waals surface area contributed by atoms with Crippen molar-refractivity contribution in [2.75, 3.05) is 0 Å². The minimum atomic E-state index is -0.926. The van der Waals surface area contributed by atoms with E-state index in [4.69, 9.17) is 9.47 Å². The molecular formula is C20H25NO5. The number of esters is 1. The van der Waals surface area contributed by atoms with Gasteiger partial charge in [0.1, 0.15) is 18.1 Å². The fourth-order valence-corrected chi connectivity index (χ4v) is 3.72. The van der Waals surface area contributed by atoms with Crippen molar-refractivity contribution in [3.05, 3.63) is 35.9 Å². The lowest BCUT2D eigenvalue weighted by molar-refractivity contribution is -0.157. The number of rotatable bonds is 3. The van der Waals surface area contributed by atoms with Crippen molar-refractivity contribution in [3.8, 4) is 0 Å². The molecule has 6 heteroatoms. The molecule has 140 valence electrons. The van der Waals surface area contributed by atoms with Crippen molar-refractivity contribution < 1.29 is 23.9 Å². The number of fused-ring (bicyclic) bond motifs is 2. The highest BCUT2D eigenvalue weighted by atomic mass is 16.6. The molecule has 0 aromatic heterocycles. The van der Waals surface area contributed by atoms with Gasteiger partial charge in [0.15, 0.2) is 5.78 Å². The molecule has 2 bridgehead atoms. The molecule has 2 fully saturated rings. The molecule has 3 atom stereocenters. The summed E-state index contributed by atoms with van der Waals surface area (Å²) >= 11 is 0. The summed E-state index contributed by atoms with van der Waals surface area (Å²) in [5, 5.41) is 0. The highest BCUT2D eigenvalue weighted by molar-refractivity contribution is 6.01. The Bertz CT molecular complexity index is 694. The van der Waals surface area contributed by atoms with Crippen molar-refractivity contribution in [1.82, 2.24) is 4.90 Å². The molecule has 0 saturated carbocycles. The van der Waals surface area contributed by atoms with E-state index >= 15 is 0 Å². The summed E-state index contributed by atoms with van der Waals surface area (Å²) in [5.41, 5.74) is 0.235. The Kier molecular flexibility index (Phi) is 5.03. The van der Waals surface area contributed by atoms with Crippen LogP contribution in [0.25, 0.3) is 0 Å². The molecule has 2 aliphatic rings. The molecule has 6 nitrogen and oxygen atoms in total. The van der Waals surface area contributed by atoms with Crippen LogP contribution in [0.3, 0.4) is 0 Å². The van der Waals surface area contributed by atoms with E-state index in [0.717, 1.165) is 5.56 Å². The lowest BCUT2D eigenvalue weighted by atomic mass is 9.89. The molecule has 0 N–H and O–H groups in total. The van der Waals surface area contributed by atoms with Gasteiger partial charge in [-0.1, -0.05) is 30.3 Å². The van der Waals surface area contributed by atoms with Crippen LogP contribution in [0.5, 0.6) is 0 Å². The van der Waals surface area contributed by atoms with E-state index in [1.807, 2.05) is 30.3 Å². The second-order valence-corrected chi connectivity index (χ2v) is 7.93. The van der Waals surface area contributed by atoms with Gasteiger partial charge in [-0.3, -0.25) is 9.59 Å². The Morgan fingerprint density at radius 2 is 1.85 bits per heavy atom. The summed E-state index contributed by atoms with van der Waals surface area (Å²) in [6, 6.07) is 8.66. The molecule has 1 amide bonds. The molecule has 26 heavy (non-hydrogen) atoms. The number of carbonyl (C=O) groups excluding carboxylic acids is 3. The monoisotopic (exact) mass is 359 g/mol. The molecule has 0 aliphatic carbocycles. The molecular weight excluding hydrogens is 334 g/mol. The normalized spacial score (nSPS) is 25.1. The molecule has 2 saturated heterocycles. The molecule has 1 aromatic rings. The first-order valence-corrected chi connectivity index (χ1v) is 9.01. The maximum Gasteiger partial charge on any atom is 0.410 e. The predicted molar refractivity (Wildman–Crippen MR) is 94.2 cm³/mol. The van der Waals surface area contributed by atoms with Crippen LogP contribution in [0.15, 0.2) is 30.3 Å². The van der Waals surface area contributed by atoms with Crippen LogP contribution in [0.4, 0.5) is 4.79 Å². The number of benzene rings is 1. The quantitative estimate of drug-likeness (QED) is 0.612. The minimum absolute atomic E-state index is 0.117. The standard InChI is InChI=1S/C20H25NO5/c1-20(2,3)26-19(24)21-14-9-10-15(21)17(16(22)11-14)18(23)25-12-13-7-5-4-6-8-13/h4-8,14-15,17H,9-12H2,1-3H3/t14-,15+,17?/m0/s1. The first-order chi connectivity index (χ1) is 12.3. The van der Waals surface area contributed by atoms with Gasteiger partial charge in [0.05, 0.1) is 6.04 Å². The zero-order chi connectivity index (χ0) is 18.9. The summed E-state index contributed by atoms with van der Waals surface area (Å²) < 4.78 is 10.9. The zero-order valence-electron chi connectivity index (χ0n) is 15.4. The van der Waals surface area contributed by atoms with Gasteiger partial charge in [-0.15, -0.1) is 0 Å². The average Bonchev–Trinajstić information content (AvgIpc) is 2.88. The van der Waals surface area contributed by atoms with E-state index in [9.17, 15) is 14.4 Å². The Hall–Kier alpha value is -2.37. The van der Waals surface area contributed by atoms with E-state index in [1.54, 1.807) is 25.7 Å². The smallest absolute Gasteiger partial charge is 0.410 e. The molecule has 1 unspecified atom stereocenters. The van der Waals surface area contributed by atoms with E-state index < -0.39 is 29.6 Å². The first-order valence-electron chi connectivity index (χ1n) is 9.01. The number of hydrogen-bond acceptors (Lipinski definition) is 5. The number of nitrogens with zero attached hydrogens (tertiary/aromatic N) is 1. The number of amides is 1. The maximum atomic E-state index is 12.6. The third kappa shape index (κ3) is 3.89. The van der Waals surface area contributed by atoms with E-state index in [2.05, 4.69) is 0 Å². The summed E-state index contributed by atoms with van der Waals surface area (Å²) in [6.07, 6.45) is 1.04. The van der Waals surface area contributed by atoms with Gasteiger partial charge in [-0.05, 0) is 39.2 Å². The van der Waals surface area contributed by atoms with Crippen molar-refractivity contribution in [2.45, 2.75) is 64.3 Å². The lowest BCUT2D eigenvalue weighted by Gasteiger charge is -2.38. The summed E-state index contributed by atoms with van der Waals surface area (Å²) in [5.74, 6) is -1.63. The summed E-state index contributed by atoms with van der Waals surface area (Å²) in [4.78, 5) is 39.2. The van der Waals surface area contributed by atoms with Crippen LogP contribution in [0.2, 0.25) is 0 Å². The van der Waals surface area contributed by atoms with Gasteiger partial charge in [0.25, 0.3) is 0 Å². The Morgan fingerprint density at radius 1 is 1.15 bits per heavy atom. The third-order valence-electron chi connectivity index (χ3n) is 4.80. The Balaban J connectivity index is 1.71. The van der Waals surface area contributed by atoms with Crippen LogP contribution < -0.4 is 0 Å². The molecule has 1 aromatic carbocycles. The van der Waals surface area contributed by atoms with Gasteiger partial charge in [-0.2, -0.15) is 0 Å². The largest absolute Gasteiger partial charge is 0.460 e. The molecule has 0 spiro atoms. The SMILES string of the molecule is CC(C)(C)OC(=O)N1[C@H]2CC[C@@H]1C(C(=O)OCc1ccccc1)C(=O)C2. The highest BCUT2D eigenvalue weighted by Gasteiger charge is 2.53. The van der Waals surface area contributed by atoms with Crippen molar-refractivity contribution in [3.63, 3.8) is 0 Å². The van der Waals surface area contributed by atoms with E-state index in [0.29, 0.717) is 12.8 Å². The van der Waals surface area contributed by atoms with Crippen LogP contribution in [0.1, 0.15) is 45.6 Å². The van der Waals surface area contributed by atoms with Gasteiger partial charge in [-0.25, -0.2) is 4.79 Å². The van der Waals surface area contributed by atoms with Crippen molar-refractivity contribution >= 4 is 17.8 Å². The van der Waals surface area contributed by atoms with Gasteiger partial charge < -0.3 is 14.4 Å². The second kappa shape index (κ2) is 7.09. The van der Waals surface area contributed by atoms with Crippen LogP contribution in [-0.4, -0.2) is 40.4 Å². The summed E-state index contributed by atoms with van der Waals surface area (Å²) in [6.45, 7) is 5.51. The molecule has 2 aliphatic heterocycles. The zero-order valence-corrected chi connectivity index (χ0v) is 15.4. The fraction of sp³-hybridized carbons (Fsp3) is 0.550. The lowest BCUT2D eigenvalue weighted by Crippen LogP contribution is -2.55. The highest BCUT2D eigenvalue weighted by Crippen LogP contribution is 2.39. The Morgan fingerprint density at radius 3 is 2.50 bits per heavy atom. The maximum absolute atomic E-state index is 12.6. The number of hydrogen-bond donors (Lipinski definition) is 0. The van der Waals surface area contributed by atoms with Gasteiger partial charge in [0.2, 0.25) is 0 Å². The van der Waals surface area contributed by atoms with Crippen LogP contribution >= 0.6 is 0 Å². The first kappa shape index (κ1) is 18.4. The van der Waals surface area contributed by atoms with Gasteiger partial charge >= 0.3 is 12.1 Å².